The Kier molecular flexibility index (Phi) is 3.96. The van der Waals surface area contributed by atoms with Crippen LogP contribution in [0, 0.1) is 5.82 Å². The first-order valence-electron chi connectivity index (χ1n) is 6.84. The summed E-state index contributed by atoms with van der Waals surface area (Å²) < 4.78 is 14.9. The van der Waals surface area contributed by atoms with Gasteiger partial charge in [0.2, 0.25) is 0 Å². The average molecular weight is 295 g/mol. The lowest BCUT2D eigenvalue weighted by Crippen LogP contribution is -2.22. The number of benzene rings is 2. The second kappa shape index (κ2) is 6.22. The molecule has 1 amide bonds. The number of hydrogen-bond donors (Lipinski definition) is 1. The molecule has 5 heteroatoms. The number of carbonyl (C=O) groups excluding carboxylic acids is 1. The molecule has 1 heterocycles. The SMILES string of the molecule is O=C(Cn1ccc2ccccc21)NN=Cc1cccc(F)c1. The topological polar surface area (TPSA) is 46.4 Å². The molecule has 0 saturated heterocycles. The van der Waals surface area contributed by atoms with Gasteiger partial charge in [0.1, 0.15) is 12.4 Å². The maximum absolute atomic E-state index is 13.0. The van der Waals surface area contributed by atoms with Crippen molar-refractivity contribution in [1.29, 1.82) is 0 Å². The van der Waals surface area contributed by atoms with E-state index >= 15 is 0 Å². The molecule has 1 aromatic heterocycles. The van der Waals surface area contributed by atoms with E-state index in [1.165, 1.54) is 18.3 Å². The van der Waals surface area contributed by atoms with Gasteiger partial charge in [-0.1, -0.05) is 30.3 Å². The molecule has 0 aliphatic rings. The fraction of sp³-hybridized carbons (Fsp3) is 0.0588. The zero-order chi connectivity index (χ0) is 15.4. The maximum Gasteiger partial charge on any atom is 0.259 e. The van der Waals surface area contributed by atoms with E-state index in [1.807, 2.05) is 41.1 Å². The van der Waals surface area contributed by atoms with Crippen LogP contribution in [-0.2, 0) is 11.3 Å². The summed E-state index contributed by atoms with van der Waals surface area (Å²) in [6, 6.07) is 15.8. The Balaban J connectivity index is 1.63. The van der Waals surface area contributed by atoms with Crippen LogP contribution in [0.4, 0.5) is 4.39 Å². The van der Waals surface area contributed by atoms with Crippen molar-refractivity contribution in [3.63, 3.8) is 0 Å². The van der Waals surface area contributed by atoms with Crippen molar-refractivity contribution in [2.24, 2.45) is 5.10 Å². The van der Waals surface area contributed by atoms with Gasteiger partial charge in [-0.15, -0.1) is 0 Å². The summed E-state index contributed by atoms with van der Waals surface area (Å²) in [5.74, 6) is -0.580. The number of aromatic nitrogens is 1. The highest BCUT2D eigenvalue weighted by Gasteiger charge is 2.04. The molecule has 1 N–H and O–H groups in total. The fourth-order valence-electron chi connectivity index (χ4n) is 2.23. The molecule has 0 radical (unpaired) electrons. The summed E-state index contributed by atoms with van der Waals surface area (Å²) in [6.07, 6.45) is 3.27. The van der Waals surface area contributed by atoms with Gasteiger partial charge < -0.3 is 4.57 Å². The fourth-order valence-corrected chi connectivity index (χ4v) is 2.23. The number of hydrogen-bond acceptors (Lipinski definition) is 2. The summed E-state index contributed by atoms with van der Waals surface area (Å²) in [7, 11) is 0. The summed E-state index contributed by atoms with van der Waals surface area (Å²) in [5, 5.41) is 4.92. The van der Waals surface area contributed by atoms with Crippen LogP contribution in [0.2, 0.25) is 0 Å². The lowest BCUT2D eigenvalue weighted by molar-refractivity contribution is -0.121. The molecule has 0 bridgehead atoms. The minimum atomic E-state index is -0.339. The number of nitrogens with zero attached hydrogens (tertiary/aromatic N) is 2. The zero-order valence-electron chi connectivity index (χ0n) is 11.7. The van der Waals surface area contributed by atoms with Crippen LogP contribution >= 0.6 is 0 Å². The van der Waals surface area contributed by atoms with Gasteiger partial charge >= 0.3 is 0 Å². The number of halogens is 1. The van der Waals surface area contributed by atoms with Crippen LogP contribution in [0.5, 0.6) is 0 Å². The number of carbonyl (C=O) groups is 1. The monoisotopic (exact) mass is 295 g/mol. The van der Waals surface area contributed by atoms with Crippen LogP contribution in [0.15, 0.2) is 65.9 Å². The van der Waals surface area contributed by atoms with Gasteiger partial charge in [0, 0.05) is 11.7 Å². The molecule has 0 spiro atoms. The molecule has 0 atom stereocenters. The van der Waals surface area contributed by atoms with Gasteiger partial charge in [-0.25, -0.2) is 9.82 Å². The smallest absolute Gasteiger partial charge is 0.259 e. The molecule has 0 fully saturated rings. The summed E-state index contributed by atoms with van der Waals surface area (Å²) in [4.78, 5) is 11.9. The van der Waals surface area contributed by atoms with E-state index in [-0.39, 0.29) is 18.3 Å². The van der Waals surface area contributed by atoms with Crippen molar-refractivity contribution in [2.45, 2.75) is 6.54 Å². The molecular formula is C17H14FN3O. The van der Waals surface area contributed by atoms with Gasteiger partial charge in [-0.3, -0.25) is 4.79 Å². The van der Waals surface area contributed by atoms with E-state index in [4.69, 9.17) is 0 Å². The number of para-hydroxylation sites is 1. The lowest BCUT2D eigenvalue weighted by Gasteiger charge is -2.04. The van der Waals surface area contributed by atoms with E-state index in [2.05, 4.69) is 10.5 Å². The molecule has 110 valence electrons. The molecule has 0 unspecified atom stereocenters. The molecule has 3 aromatic rings. The first-order chi connectivity index (χ1) is 10.7. The van der Waals surface area contributed by atoms with E-state index < -0.39 is 0 Å². The second-order valence-electron chi connectivity index (χ2n) is 4.85. The van der Waals surface area contributed by atoms with Gasteiger partial charge in [-0.2, -0.15) is 5.10 Å². The Labute approximate surface area is 126 Å². The molecule has 22 heavy (non-hydrogen) atoms. The Bertz CT molecular complexity index is 839. The van der Waals surface area contributed by atoms with Crippen LogP contribution in [0.25, 0.3) is 10.9 Å². The quantitative estimate of drug-likeness (QED) is 0.584. The third-order valence-electron chi connectivity index (χ3n) is 3.25. The molecule has 3 rings (SSSR count). The van der Waals surface area contributed by atoms with Crippen molar-refractivity contribution in [1.82, 2.24) is 9.99 Å². The van der Waals surface area contributed by atoms with Crippen molar-refractivity contribution in [3.05, 3.63) is 72.2 Å². The predicted molar refractivity (Wildman–Crippen MR) is 84.1 cm³/mol. The largest absolute Gasteiger partial charge is 0.338 e. The lowest BCUT2D eigenvalue weighted by atomic mass is 10.2. The molecule has 0 aliphatic carbocycles. The minimum Gasteiger partial charge on any atom is -0.338 e. The normalized spacial score (nSPS) is 11.1. The first kappa shape index (κ1) is 14.0. The van der Waals surface area contributed by atoms with Crippen molar-refractivity contribution >= 4 is 23.0 Å². The van der Waals surface area contributed by atoms with Crippen molar-refractivity contribution < 1.29 is 9.18 Å². The molecule has 2 aromatic carbocycles. The van der Waals surface area contributed by atoms with E-state index in [0.29, 0.717) is 5.56 Å². The maximum atomic E-state index is 13.0. The number of hydrazone groups is 1. The Hall–Kier alpha value is -2.95. The van der Waals surface area contributed by atoms with Crippen molar-refractivity contribution in [3.8, 4) is 0 Å². The van der Waals surface area contributed by atoms with Crippen LogP contribution in [0.1, 0.15) is 5.56 Å². The number of amides is 1. The van der Waals surface area contributed by atoms with Crippen molar-refractivity contribution in [2.75, 3.05) is 0 Å². The average Bonchev–Trinajstić information content (AvgIpc) is 2.91. The molecule has 0 aliphatic heterocycles. The van der Waals surface area contributed by atoms with E-state index in [9.17, 15) is 9.18 Å². The Morgan fingerprint density at radius 2 is 2.05 bits per heavy atom. The third kappa shape index (κ3) is 3.20. The Morgan fingerprint density at radius 3 is 2.91 bits per heavy atom. The van der Waals surface area contributed by atoms with Gasteiger partial charge in [0.05, 0.1) is 6.21 Å². The predicted octanol–water partition coefficient (Wildman–Crippen LogP) is 2.93. The first-order valence-corrected chi connectivity index (χ1v) is 6.84. The van der Waals surface area contributed by atoms with E-state index in [1.54, 1.807) is 12.1 Å². The van der Waals surface area contributed by atoms with E-state index in [0.717, 1.165) is 10.9 Å². The van der Waals surface area contributed by atoms with Gasteiger partial charge in [-0.05, 0) is 35.2 Å². The summed E-state index contributed by atoms with van der Waals surface area (Å²) >= 11 is 0. The van der Waals surface area contributed by atoms with Gasteiger partial charge in [0.15, 0.2) is 0 Å². The highest BCUT2D eigenvalue weighted by Crippen LogP contribution is 2.14. The molecular weight excluding hydrogens is 281 g/mol. The minimum absolute atomic E-state index is 0.175. The van der Waals surface area contributed by atoms with Crippen LogP contribution in [0.3, 0.4) is 0 Å². The number of nitrogens with one attached hydrogen (secondary N) is 1. The standard InChI is InChI=1S/C17H14FN3O/c18-15-6-3-4-13(10-15)11-19-20-17(22)12-21-9-8-14-5-1-2-7-16(14)21/h1-11H,12H2,(H,20,22). The Morgan fingerprint density at radius 1 is 1.18 bits per heavy atom. The summed E-state index contributed by atoms with van der Waals surface area (Å²) in [6.45, 7) is 0.175. The van der Waals surface area contributed by atoms with Crippen LogP contribution < -0.4 is 5.43 Å². The molecule has 4 nitrogen and oxygen atoms in total. The highest BCUT2D eigenvalue weighted by molar-refractivity contribution is 5.84. The third-order valence-corrected chi connectivity index (χ3v) is 3.25. The van der Waals surface area contributed by atoms with Crippen LogP contribution in [-0.4, -0.2) is 16.7 Å². The zero-order valence-corrected chi connectivity index (χ0v) is 11.7. The second-order valence-corrected chi connectivity index (χ2v) is 4.85. The number of fused-ring (bicyclic) bond motifs is 1. The summed E-state index contributed by atoms with van der Waals surface area (Å²) in [5.41, 5.74) is 4.02. The highest BCUT2D eigenvalue weighted by atomic mass is 19.1. The molecule has 0 saturated carbocycles. The van der Waals surface area contributed by atoms with Gasteiger partial charge in [0.25, 0.3) is 5.91 Å². The number of rotatable bonds is 4.